The Balaban J connectivity index is 1.62. The molecule has 0 unspecified atom stereocenters. The van der Waals surface area contributed by atoms with Gasteiger partial charge in [-0.2, -0.15) is 0 Å². The van der Waals surface area contributed by atoms with Gasteiger partial charge in [0.15, 0.2) is 5.13 Å². The number of anilines is 2. The molecule has 4 aromatic rings. The molecule has 1 heterocycles. The van der Waals surface area contributed by atoms with E-state index in [1.54, 1.807) is 36.6 Å². The maximum Gasteiger partial charge on any atom is 0.335 e. The van der Waals surface area contributed by atoms with Gasteiger partial charge in [-0.05, 0) is 61.0 Å². The Morgan fingerprint density at radius 1 is 0.917 bits per heavy atom. The molecule has 0 fully saturated rings. The molecule has 0 bridgehead atoms. The van der Waals surface area contributed by atoms with Crippen molar-refractivity contribution in [3.8, 4) is 11.3 Å². The number of para-hydroxylation sites is 1. The molecular formula is C23H18ClN3O6S3. The Kier molecular flexibility index (Phi) is 7.05. The van der Waals surface area contributed by atoms with Crippen LogP contribution in [0.3, 0.4) is 0 Å². The summed E-state index contributed by atoms with van der Waals surface area (Å²) < 4.78 is 56.3. The predicted molar refractivity (Wildman–Crippen MR) is 139 cm³/mol. The number of nitrogens with one attached hydrogen (secondary N) is 2. The average molecular weight is 564 g/mol. The minimum absolute atomic E-state index is 0.0207. The van der Waals surface area contributed by atoms with Gasteiger partial charge in [0.2, 0.25) is 0 Å². The number of nitrogens with zero attached hydrogens (tertiary/aromatic N) is 1. The predicted octanol–water partition coefficient (Wildman–Crippen LogP) is 5.07. The number of carbonyl (C=O) groups is 1. The fraction of sp³-hybridized carbons (Fsp3) is 0.0435. The summed E-state index contributed by atoms with van der Waals surface area (Å²) >= 11 is 6.84. The summed E-state index contributed by atoms with van der Waals surface area (Å²) in [6, 6.07) is 16.0. The molecule has 0 saturated heterocycles. The van der Waals surface area contributed by atoms with Gasteiger partial charge in [0.05, 0.1) is 26.7 Å². The molecule has 3 N–H and O–H groups in total. The molecule has 9 nitrogen and oxygen atoms in total. The Labute approximate surface area is 216 Å². The zero-order valence-corrected chi connectivity index (χ0v) is 21.7. The molecular weight excluding hydrogens is 546 g/mol. The largest absolute Gasteiger partial charge is 0.478 e. The van der Waals surface area contributed by atoms with E-state index in [4.69, 9.17) is 11.6 Å². The highest BCUT2D eigenvalue weighted by atomic mass is 35.5. The Morgan fingerprint density at radius 3 is 2.28 bits per heavy atom. The summed E-state index contributed by atoms with van der Waals surface area (Å²) in [5, 5.41) is 11.2. The van der Waals surface area contributed by atoms with Crippen LogP contribution in [-0.2, 0) is 20.0 Å². The molecule has 0 radical (unpaired) electrons. The molecule has 0 aliphatic carbocycles. The number of rotatable bonds is 8. The molecule has 0 spiro atoms. The number of thiazole rings is 1. The highest BCUT2D eigenvalue weighted by Gasteiger charge is 2.21. The summed E-state index contributed by atoms with van der Waals surface area (Å²) in [5.41, 5.74) is 1.33. The van der Waals surface area contributed by atoms with Crippen LogP contribution in [-0.4, -0.2) is 32.9 Å². The van der Waals surface area contributed by atoms with E-state index in [1.807, 2.05) is 0 Å². The molecule has 0 aliphatic rings. The first-order chi connectivity index (χ1) is 16.9. The number of aromatic carboxylic acids is 1. The van der Waals surface area contributed by atoms with Crippen LogP contribution in [0, 0.1) is 6.92 Å². The van der Waals surface area contributed by atoms with Crippen molar-refractivity contribution in [3.63, 3.8) is 0 Å². The molecule has 186 valence electrons. The zero-order chi connectivity index (χ0) is 26.1. The highest BCUT2D eigenvalue weighted by molar-refractivity contribution is 7.93. The number of hydrogen-bond donors (Lipinski definition) is 3. The third-order valence-electron chi connectivity index (χ3n) is 4.91. The lowest BCUT2D eigenvalue weighted by Gasteiger charge is -2.11. The molecule has 0 aliphatic heterocycles. The number of aryl methyl sites for hydroxylation is 1. The van der Waals surface area contributed by atoms with E-state index >= 15 is 0 Å². The van der Waals surface area contributed by atoms with Crippen LogP contribution in [0.4, 0.5) is 10.8 Å². The van der Waals surface area contributed by atoms with Crippen molar-refractivity contribution in [2.24, 2.45) is 0 Å². The van der Waals surface area contributed by atoms with Gasteiger partial charge in [-0.15, -0.1) is 11.3 Å². The van der Waals surface area contributed by atoms with E-state index in [-0.39, 0.29) is 26.2 Å². The molecule has 4 rings (SSSR count). The molecule has 13 heteroatoms. The van der Waals surface area contributed by atoms with Gasteiger partial charge in [-0.1, -0.05) is 29.8 Å². The second-order valence-electron chi connectivity index (χ2n) is 7.59. The fourth-order valence-electron chi connectivity index (χ4n) is 3.26. The third-order valence-corrected chi connectivity index (χ3v) is 8.74. The Hall–Kier alpha value is -3.45. The monoisotopic (exact) mass is 563 g/mol. The summed E-state index contributed by atoms with van der Waals surface area (Å²) in [4.78, 5) is 15.4. The Morgan fingerprint density at radius 2 is 1.58 bits per heavy atom. The van der Waals surface area contributed by atoms with Gasteiger partial charge in [-0.3, -0.25) is 9.44 Å². The lowest BCUT2D eigenvalue weighted by molar-refractivity contribution is 0.0696. The summed E-state index contributed by atoms with van der Waals surface area (Å²) in [6.45, 7) is 1.59. The number of halogens is 1. The van der Waals surface area contributed by atoms with Gasteiger partial charge in [-0.25, -0.2) is 26.6 Å². The number of hydrogen-bond acceptors (Lipinski definition) is 7. The first-order valence-corrected chi connectivity index (χ1v) is 14.4. The number of aromatic nitrogens is 1. The van der Waals surface area contributed by atoms with E-state index < -0.39 is 26.0 Å². The maximum absolute atomic E-state index is 12.9. The van der Waals surface area contributed by atoms with Gasteiger partial charge < -0.3 is 5.11 Å². The lowest BCUT2D eigenvalue weighted by Crippen LogP contribution is -2.14. The van der Waals surface area contributed by atoms with Crippen molar-refractivity contribution in [2.45, 2.75) is 16.7 Å². The standard InChI is InChI=1S/C23H18ClN3O6S3/c1-14-10-15(22(28)29)12-18(11-14)36(32,33)27-23-25-21(13-34-23)19-4-2-3-5-20(19)26-35(30,31)17-8-6-16(24)7-9-17/h2-13,26H,1H3,(H,25,27)(H,28,29). The van der Waals surface area contributed by atoms with Crippen LogP contribution in [0.5, 0.6) is 0 Å². The molecule has 36 heavy (non-hydrogen) atoms. The first kappa shape index (κ1) is 25.6. The van der Waals surface area contributed by atoms with Crippen molar-refractivity contribution >= 4 is 59.8 Å². The van der Waals surface area contributed by atoms with Crippen molar-refractivity contribution in [1.29, 1.82) is 0 Å². The van der Waals surface area contributed by atoms with Crippen LogP contribution in [0.15, 0.2) is 81.9 Å². The van der Waals surface area contributed by atoms with Crippen LogP contribution in [0.1, 0.15) is 15.9 Å². The average Bonchev–Trinajstić information content (AvgIpc) is 3.26. The van der Waals surface area contributed by atoms with Crippen LogP contribution < -0.4 is 9.44 Å². The minimum atomic E-state index is -4.13. The smallest absolute Gasteiger partial charge is 0.335 e. The maximum atomic E-state index is 12.9. The molecule has 0 amide bonds. The van der Waals surface area contributed by atoms with E-state index in [0.717, 1.165) is 17.4 Å². The number of sulfonamides is 2. The zero-order valence-electron chi connectivity index (χ0n) is 18.5. The summed E-state index contributed by atoms with van der Waals surface area (Å²) in [6.07, 6.45) is 0. The summed E-state index contributed by atoms with van der Waals surface area (Å²) in [5.74, 6) is -1.25. The van der Waals surface area contributed by atoms with Crippen LogP contribution in [0.2, 0.25) is 5.02 Å². The van der Waals surface area contributed by atoms with E-state index in [9.17, 15) is 26.7 Å². The fourth-order valence-corrected chi connectivity index (χ4v) is 6.56. The van der Waals surface area contributed by atoms with Gasteiger partial charge in [0.25, 0.3) is 20.0 Å². The normalized spacial score (nSPS) is 11.7. The van der Waals surface area contributed by atoms with E-state index in [2.05, 4.69) is 14.4 Å². The second kappa shape index (κ2) is 9.90. The summed E-state index contributed by atoms with van der Waals surface area (Å²) in [7, 11) is -8.05. The van der Waals surface area contributed by atoms with Gasteiger partial charge >= 0.3 is 5.97 Å². The van der Waals surface area contributed by atoms with Crippen molar-refractivity contribution in [2.75, 3.05) is 9.44 Å². The number of benzene rings is 3. The first-order valence-electron chi connectivity index (χ1n) is 10.2. The van der Waals surface area contributed by atoms with Crippen LogP contribution >= 0.6 is 22.9 Å². The third kappa shape index (κ3) is 5.68. The molecule has 0 atom stereocenters. The van der Waals surface area contributed by atoms with Gasteiger partial charge in [0.1, 0.15) is 0 Å². The molecule has 1 aromatic heterocycles. The number of carboxylic acid groups (broad SMARTS) is 1. The SMILES string of the molecule is Cc1cc(C(=O)O)cc(S(=O)(=O)Nc2nc(-c3ccccc3NS(=O)(=O)c3ccc(Cl)cc3)cs2)c1. The molecule has 3 aromatic carbocycles. The Bertz CT molecular complexity index is 1670. The molecule has 0 saturated carbocycles. The topological polar surface area (TPSA) is 143 Å². The number of carboxylic acids is 1. The van der Waals surface area contributed by atoms with E-state index in [0.29, 0.717) is 21.8 Å². The second-order valence-corrected chi connectivity index (χ2v) is 12.2. The van der Waals surface area contributed by atoms with Crippen molar-refractivity contribution < 1.29 is 26.7 Å². The van der Waals surface area contributed by atoms with E-state index in [1.165, 1.54) is 36.4 Å². The quantitative estimate of drug-likeness (QED) is 0.271. The lowest BCUT2D eigenvalue weighted by atomic mass is 10.1. The van der Waals surface area contributed by atoms with Crippen LogP contribution in [0.25, 0.3) is 11.3 Å². The van der Waals surface area contributed by atoms with Crippen molar-refractivity contribution in [1.82, 2.24) is 4.98 Å². The van der Waals surface area contributed by atoms with Crippen molar-refractivity contribution in [3.05, 3.63) is 88.3 Å². The van der Waals surface area contributed by atoms with Gasteiger partial charge in [0, 0.05) is 16.0 Å². The highest BCUT2D eigenvalue weighted by Crippen LogP contribution is 2.33. The minimum Gasteiger partial charge on any atom is -0.478 e.